The lowest BCUT2D eigenvalue weighted by molar-refractivity contribution is -0.383. The number of hydrogen-bond donors (Lipinski definition) is 1. The molecule has 0 fully saturated rings. The van der Waals surface area contributed by atoms with Crippen molar-refractivity contribution in [3.63, 3.8) is 0 Å². The van der Waals surface area contributed by atoms with Crippen molar-refractivity contribution in [2.24, 2.45) is 0 Å². The number of hydrogen-bond acceptors (Lipinski definition) is 6. The van der Waals surface area contributed by atoms with Crippen molar-refractivity contribution < 1.29 is 4.92 Å². The molecule has 0 spiro atoms. The van der Waals surface area contributed by atoms with Gasteiger partial charge in [-0.05, 0) is 13.8 Å². The van der Waals surface area contributed by atoms with Crippen LogP contribution < -0.4 is 5.73 Å². The molecule has 0 saturated heterocycles. The highest BCUT2D eigenvalue weighted by Crippen LogP contribution is 2.22. The Hall–Kier alpha value is -2.51. The summed E-state index contributed by atoms with van der Waals surface area (Å²) in [5.41, 5.74) is 6.14. The summed E-state index contributed by atoms with van der Waals surface area (Å²) in [5.74, 6) is 0.922. The molecule has 2 rings (SSSR count). The lowest BCUT2D eigenvalue weighted by atomic mass is 10.4. The second-order valence-corrected chi connectivity index (χ2v) is 3.50. The Morgan fingerprint density at radius 3 is 2.65 bits per heavy atom. The van der Waals surface area contributed by atoms with E-state index in [4.69, 9.17) is 5.73 Å². The maximum absolute atomic E-state index is 10.6. The van der Waals surface area contributed by atoms with Crippen molar-refractivity contribution in [2.75, 3.05) is 5.73 Å². The largest absolute Gasteiger partial charge is 0.378 e. The number of aryl methyl sites for hydroxylation is 2. The lowest BCUT2D eigenvalue weighted by Gasteiger charge is -2.04. The number of aromatic nitrogens is 4. The molecule has 0 amide bonds. The summed E-state index contributed by atoms with van der Waals surface area (Å²) in [6, 6.07) is 1.65. The summed E-state index contributed by atoms with van der Waals surface area (Å²) < 4.78 is 1.22. The second-order valence-electron chi connectivity index (χ2n) is 3.50. The molecule has 0 aliphatic carbocycles. The zero-order chi connectivity index (χ0) is 12.6. The Balaban J connectivity index is 2.57. The minimum atomic E-state index is -0.584. The standard InChI is InChI=1S/C9H10N6O2/c1-5-3-8(13-6(2)12-5)14-9(10)7(4-11-14)15(16)17/h3-4H,10H2,1-2H3. The van der Waals surface area contributed by atoms with Gasteiger partial charge in [0.2, 0.25) is 5.82 Å². The van der Waals surface area contributed by atoms with Crippen LogP contribution in [0.2, 0.25) is 0 Å². The molecule has 0 aliphatic heterocycles. The van der Waals surface area contributed by atoms with Gasteiger partial charge in [-0.25, -0.2) is 9.97 Å². The number of nitro groups is 1. The van der Waals surface area contributed by atoms with E-state index in [1.54, 1.807) is 19.9 Å². The average molecular weight is 234 g/mol. The van der Waals surface area contributed by atoms with Crippen molar-refractivity contribution in [1.82, 2.24) is 19.7 Å². The average Bonchev–Trinajstić information content (AvgIpc) is 2.58. The summed E-state index contributed by atoms with van der Waals surface area (Å²) >= 11 is 0. The molecule has 0 radical (unpaired) electrons. The van der Waals surface area contributed by atoms with E-state index in [9.17, 15) is 10.1 Å². The quantitative estimate of drug-likeness (QED) is 0.606. The Bertz CT molecular complexity index is 571. The summed E-state index contributed by atoms with van der Waals surface area (Å²) in [4.78, 5) is 18.3. The molecule has 2 aromatic rings. The third-order valence-corrected chi connectivity index (χ3v) is 2.15. The van der Waals surface area contributed by atoms with Crippen LogP contribution in [0, 0.1) is 24.0 Å². The monoisotopic (exact) mass is 234 g/mol. The van der Waals surface area contributed by atoms with Crippen LogP contribution in [-0.2, 0) is 0 Å². The maximum Gasteiger partial charge on any atom is 0.331 e. The van der Waals surface area contributed by atoms with Crippen molar-refractivity contribution in [2.45, 2.75) is 13.8 Å². The van der Waals surface area contributed by atoms with Crippen molar-refractivity contribution in [1.29, 1.82) is 0 Å². The fraction of sp³-hybridized carbons (Fsp3) is 0.222. The first kappa shape index (κ1) is 11.0. The SMILES string of the molecule is Cc1cc(-n2ncc([N+](=O)[O-])c2N)nc(C)n1. The van der Waals surface area contributed by atoms with E-state index in [2.05, 4.69) is 15.1 Å². The first-order valence-corrected chi connectivity index (χ1v) is 4.79. The molecule has 0 saturated carbocycles. The third-order valence-electron chi connectivity index (χ3n) is 2.15. The Morgan fingerprint density at radius 2 is 2.12 bits per heavy atom. The smallest absolute Gasteiger partial charge is 0.331 e. The highest BCUT2D eigenvalue weighted by molar-refractivity contribution is 5.54. The summed E-state index contributed by atoms with van der Waals surface area (Å²) in [6.45, 7) is 3.52. The molecule has 17 heavy (non-hydrogen) atoms. The van der Waals surface area contributed by atoms with Gasteiger partial charge < -0.3 is 5.73 Å². The Labute approximate surface area is 96.3 Å². The first-order chi connectivity index (χ1) is 7.99. The van der Waals surface area contributed by atoms with Gasteiger partial charge in [0.25, 0.3) is 0 Å². The minimum absolute atomic E-state index is 0.0486. The Morgan fingerprint density at radius 1 is 1.41 bits per heavy atom. The van der Waals surface area contributed by atoms with E-state index in [-0.39, 0.29) is 11.5 Å². The van der Waals surface area contributed by atoms with Crippen LogP contribution in [0.15, 0.2) is 12.3 Å². The fourth-order valence-corrected chi connectivity index (χ4v) is 1.48. The lowest BCUT2D eigenvalue weighted by Crippen LogP contribution is -2.07. The van der Waals surface area contributed by atoms with E-state index in [0.29, 0.717) is 11.6 Å². The van der Waals surface area contributed by atoms with Crippen LogP contribution in [0.5, 0.6) is 0 Å². The summed E-state index contributed by atoms with van der Waals surface area (Å²) in [5, 5.41) is 14.5. The van der Waals surface area contributed by atoms with Crippen LogP contribution in [0.3, 0.4) is 0 Å². The molecule has 2 aromatic heterocycles. The number of nitrogens with zero attached hydrogens (tertiary/aromatic N) is 5. The Kier molecular flexibility index (Phi) is 2.47. The molecule has 88 valence electrons. The molecular weight excluding hydrogens is 224 g/mol. The van der Waals surface area contributed by atoms with Gasteiger partial charge in [-0.15, -0.1) is 0 Å². The third kappa shape index (κ3) is 1.92. The van der Waals surface area contributed by atoms with Gasteiger partial charge in [-0.1, -0.05) is 0 Å². The van der Waals surface area contributed by atoms with Crippen LogP contribution in [0.25, 0.3) is 5.82 Å². The minimum Gasteiger partial charge on any atom is -0.378 e. The predicted molar refractivity (Wildman–Crippen MR) is 59.7 cm³/mol. The van der Waals surface area contributed by atoms with Gasteiger partial charge in [0.15, 0.2) is 5.82 Å². The van der Waals surface area contributed by atoms with Gasteiger partial charge in [0, 0.05) is 11.8 Å². The molecule has 2 N–H and O–H groups in total. The fourth-order valence-electron chi connectivity index (χ4n) is 1.48. The maximum atomic E-state index is 10.6. The van der Waals surface area contributed by atoms with Crippen molar-refractivity contribution in [3.05, 3.63) is 33.9 Å². The topological polar surface area (TPSA) is 113 Å². The number of nitrogens with two attached hydrogens (primary N) is 1. The van der Waals surface area contributed by atoms with E-state index >= 15 is 0 Å². The van der Waals surface area contributed by atoms with Crippen molar-refractivity contribution >= 4 is 11.5 Å². The molecule has 8 heteroatoms. The number of anilines is 1. The number of nitrogen functional groups attached to an aromatic ring is 1. The van der Waals surface area contributed by atoms with Crippen molar-refractivity contribution in [3.8, 4) is 5.82 Å². The summed E-state index contributed by atoms with van der Waals surface area (Å²) in [6.07, 6.45) is 1.10. The van der Waals surface area contributed by atoms with E-state index in [1.807, 2.05) is 0 Å². The van der Waals surface area contributed by atoms with Crippen LogP contribution >= 0.6 is 0 Å². The molecule has 8 nitrogen and oxygen atoms in total. The molecule has 0 atom stereocenters. The van der Waals surface area contributed by atoms with Gasteiger partial charge in [-0.3, -0.25) is 10.1 Å². The second kappa shape index (κ2) is 3.81. The van der Waals surface area contributed by atoms with E-state index in [0.717, 1.165) is 11.9 Å². The first-order valence-electron chi connectivity index (χ1n) is 4.79. The van der Waals surface area contributed by atoms with E-state index < -0.39 is 4.92 Å². The highest BCUT2D eigenvalue weighted by atomic mass is 16.6. The van der Waals surface area contributed by atoms with Gasteiger partial charge >= 0.3 is 5.69 Å². The van der Waals surface area contributed by atoms with Gasteiger partial charge in [0.05, 0.1) is 4.92 Å². The number of rotatable bonds is 2. The normalized spacial score (nSPS) is 10.5. The molecule has 0 aromatic carbocycles. The molecule has 0 aliphatic rings. The van der Waals surface area contributed by atoms with Gasteiger partial charge in [0.1, 0.15) is 12.0 Å². The molecule has 0 bridgehead atoms. The molecule has 2 heterocycles. The molecular formula is C9H10N6O2. The molecule has 0 unspecified atom stereocenters. The predicted octanol–water partition coefficient (Wildman–Crippen LogP) is 0.770. The zero-order valence-corrected chi connectivity index (χ0v) is 9.28. The zero-order valence-electron chi connectivity index (χ0n) is 9.28. The highest BCUT2D eigenvalue weighted by Gasteiger charge is 2.19. The van der Waals surface area contributed by atoms with Gasteiger partial charge in [-0.2, -0.15) is 9.78 Å². The summed E-state index contributed by atoms with van der Waals surface area (Å²) in [7, 11) is 0. The van der Waals surface area contributed by atoms with Crippen LogP contribution in [0.4, 0.5) is 11.5 Å². The van der Waals surface area contributed by atoms with E-state index in [1.165, 1.54) is 4.68 Å². The van der Waals surface area contributed by atoms with Crippen LogP contribution in [0.1, 0.15) is 11.5 Å². The van der Waals surface area contributed by atoms with Crippen LogP contribution in [-0.4, -0.2) is 24.7 Å².